The van der Waals surface area contributed by atoms with Crippen molar-refractivity contribution in [3.8, 4) is 0 Å². The highest BCUT2D eigenvalue weighted by molar-refractivity contribution is 7.13. The van der Waals surface area contributed by atoms with E-state index in [2.05, 4.69) is 21.7 Å². The van der Waals surface area contributed by atoms with Crippen molar-refractivity contribution in [1.29, 1.82) is 0 Å². The highest BCUT2D eigenvalue weighted by Crippen LogP contribution is 2.19. The van der Waals surface area contributed by atoms with Crippen LogP contribution in [-0.4, -0.2) is 47.9 Å². The van der Waals surface area contributed by atoms with Gasteiger partial charge in [0.1, 0.15) is 5.78 Å². The smallest absolute Gasteiger partial charge is 0.185 e. The predicted octanol–water partition coefficient (Wildman–Crippen LogP) is 1.63. The number of carbonyl (C=O) groups is 1. The number of hydrogen-bond acceptors (Lipinski definition) is 5. The number of hydrogen-bond donors (Lipinski definition) is 0. The summed E-state index contributed by atoms with van der Waals surface area (Å²) in [6.45, 7) is 7.87. The van der Waals surface area contributed by atoms with Gasteiger partial charge in [0, 0.05) is 50.2 Å². The van der Waals surface area contributed by atoms with Crippen LogP contribution in [0.2, 0.25) is 0 Å². The quantitative estimate of drug-likeness (QED) is 0.817. The summed E-state index contributed by atoms with van der Waals surface area (Å²) in [6.07, 6.45) is 2.52. The number of ketones is 1. The average molecular weight is 253 g/mol. The number of Topliss-reactive ketones (excluding diaryl/α,β-unsaturated/α-hetero) is 1. The van der Waals surface area contributed by atoms with Crippen molar-refractivity contribution in [1.82, 2.24) is 9.88 Å². The third kappa shape index (κ3) is 3.26. The number of nitrogens with zero attached hydrogens (tertiary/aromatic N) is 3. The molecule has 1 saturated heterocycles. The van der Waals surface area contributed by atoms with Gasteiger partial charge in [0.05, 0.1) is 0 Å². The van der Waals surface area contributed by atoms with Gasteiger partial charge in [0.2, 0.25) is 0 Å². The first kappa shape index (κ1) is 12.5. The number of anilines is 1. The predicted molar refractivity (Wildman–Crippen MR) is 70.7 cm³/mol. The van der Waals surface area contributed by atoms with Crippen LogP contribution in [0.3, 0.4) is 0 Å². The average Bonchev–Trinajstić information content (AvgIpc) is 2.82. The van der Waals surface area contributed by atoms with E-state index in [0.717, 1.165) is 31.3 Å². The lowest BCUT2D eigenvalue weighted by Gasteiger charge is -2.37. The molecule has 1 aromatic heterocycles. The molecule has 0 amide bonds. The lowest BCUT2D eigenvalue weighted by Crippen LogP contribution is -2.50. The van der Waals surface area contributed by atoms with Crippen LogP contribution in [0.15, 0.2) is 11.6 Å². The zero-order valence-electron chi connectivity index (χ0n) is 10.4. The largest absolute Gasteiger partial charge is 0.346 e. The second-order valence-corrected chi connectivity index (χ2v) is 5.47. The SMILES string of the molecule is CC(=O)CC(C)N1CCN(c2nccs2)CC1. The van der Waals surface area contributed by atoms with Gasteiger partial charge in [-0.15, -0.1) is 11.3 Å². The molecule has 2 rings (SSSR count). The number of carbonyl (C=O) groups excluding carboxylic acids is 1. The highest BCUT2D eigenvalue weighted by atomic mass is 32.1. The summed E-state index contributed by atoms with van der Waals surface area (Å²) in [5.74, 6) is 0.278. The fraction of sp³-hybridized carbons (Fsp3) is 0.667. The van der Waals surface area contributed by atoms with Crippen molar-refractivity contribution in [3.63, 3.8) is 0 Å². The first-order chi connectivity index (χ1) is 8.16. The van der Waals surface area contributed by atoms with Crippen molar-refractivity contribution in [2.75, 3.05) is 31.1 Å². The minimum atomic E-state index is 0.278. The molecule has 1 fully saturated rings. The normalized spacial score (nSPS) is 19.3. The molecule has 2 heterocycles. The Morgan fingerprint density at radius 2 is 2.18 bits per heavy atom. The zero-order chi connectivity index (χ0) is 12.3. The van der Waals surface area contributed by atoms with E-state index in [1.807, 2.05) is 11.6 Å². The Hall–Kier alpha value is -0.940. The molecule has 0 spiro atoms. The van der Waals surface area contributed by atoms with Gasteiger partial charge >= 0.3 is 0 Å². The molecule has 4 nitrogen and oxygen atoms in total. The number of aromatic nitrogens is 1. The molecule has 0 radical (unpaired) electrons. The standard InChI is InChI=1S/C12H19N3OS/c1-10(9-11(2)16)14-4-6-15(7-5-14)12-13-3-8-17-12/h3,8,10H,4-7,9H2,1-2H3. The Kier molecular flexibility index (Phi) is 4.12. The van der Waals surface area contributed by atoms with Crippen molar-refractivity contribution < 1.29 is 4.79 Å². The molecule has 0 saturated carbocycles. The number of rotatable bonds is 4. The molecule has 1 atom stereocenters. The highest BCUT2D eigenvalue weighted by Gasteiger charge is 2.22. The summed E-state index contributed by atoms with van der Waals surface area (Å²) in [4.78, 5) is 20.1. The first-order valence-corrected chi connectivity index (χ1v) is 6.92. The van der Waals surface area contributed by atoms with Crippen LogP contribution in [0.1, 0.15) is 20.3 Å². The lowest BCUT2D eigenvalue weighted by atomic mass is 10.1. The van der Waals surface area contributed by atoms with E-state index in [4.69, 9.17) is 0 Å². The minimum Gasteiger partial charge on any atom is -0.346 e. The molecule has 0 N–H and O–H groups in total. The van der Waals surface area contributed by atoms with Crippen LogP contribution < -0.4 is 4.90 Å². The lowest BCUT2D eigenvalue weighted by molar-refractivity contribution is -0.118. The van der Waals surface area contributed by atoms with Gasteiger partial charge in [-0.05, 0) is 13.8 Å². The number of piperazine rings is 1. The second-order valence-electron chi connectivity index (χ2n) is 4.59. The van der Waals surface area contributed by atoms with Crippen molar-refractivity contribution >= 4 is 22.3 Å². The first-order valence-electron chi connectivity index (χ1n) is 6.04. The van der Waals surface area contributed by atoms with Crippen LogP contribution in [0.25, 0.3) is 0 Å². The molecule has 1 unspecified atom stereocenters. The molecule has 94 valence electrons. The molecular formula is C12H19N3OS. The van der Waals surface area contributed by atoms with E-state index in [9.17, 15) is 4.79 Å². The molecule has 1 aliphatic rings. The molecule has 0 bridgehead atoms. The molecule has 17 heavy (non-hydrogen) atoms. The Labute approximate surface area is 106 Å². The summed E-state index contributed by atoms with van der Waals surface area (Å²) < 4.78 is 0. The maximum absolute atomic E-state index is 11.1. The van der Waals surface area contributed by atoms with Gasteiger partial charge < -0.3 is 4.90 Å². The van der Waals surface area contributed by atoms with E-state index in [-0.39, 0.29) is 5.78 Å². The van der Waals surface area contributed by atoms with Gasteiger partial charge in [0.25, 0.3) is 0 Å². The molecular weight excluding hydrogens is 234 g/mol. The van der Waals surface area contributed by atoms with Crippen LogP contribution in [0, 0.1) is 0 Å². The van der Waals surface area contributed by atoms with E-state index in [1.165, 1.54) is 0 Å². The van der Waals surface area contributed by atoms with Crippen LogP contribution in [0.5, 0.6) is 0 Å². The third-order valence-electron chi connectivity index (χ3n) is 3.21. The second kappa shape index (κ2) is 5.60. The summed E-state index contributed by atoms with van der Waals surface area (Å²) in [5, 5.41) is 3.13. The minimum absolute atomic E-state index is 0.278. The molecule has 0 aliphatic carbocycles. The van der Waals surface area contributed by atoms with Gasteiger partial charge in [-0.1, -0.05) is 0 Å². The van der Waals surface area contributed by atoms with Crippen molar-refractivity contribution in [3.05, 3.63) is 11.6 Å². The van der Waals surface area contributed by atoms with Crippen molar-refractivity contribution in [2.45, 2.75) is 26.3 Å². The van der Waals surface area contributed by atoms with E-state index >= 15 is 0 Å². The van der Waals surface area contributed by atoms with E-state index in [1.54, 1.807) is 18.3 Å². The topological polar surface area (TPSA) is 36.4 Å². The summed E-state index contributed by atoms with van der Waals surface area (Å²) in [5.41, 5.74) is 0. The van der Waals surface area contributed by atoms with Gasteiger partial charge in [0.15, 0.2) is 5.13 Å². The molecule has 1 aliphatic heterocycles. The van der Waals surface area contributed by atoms with Gasteiger partial charge in [-0.3, -0.25) is 9.69 Å². The van der Waals surface area contributed by atoms with Crippen LogP contribution >= 0.6 is 11.3 Å². The van der Waals surface area contributed by atoms with Gasteiger partial charge in [-0.2, -0.15) is 0 Å². The monoisotopic (exact) mass is 253 g/mol. The van der Waals surface area contributed by atoms with E-state index < -0.39 is 0 Å². The Bertz CT molecular complexity index is 358. The molecule has 1 aromatic rings. The molecule has 5 heteroatoms. The summed E-state index contributed by atoms with van der Waals surface area (Å²) in [7, 11) is 0. The Morgan fingerprint density at radius 3 is 2.71 bits per heavy atom. The fourth-order valence-corrected chi connectivity index (χ4v) is 2.97. The number of thiazole rings is 1. The Morgan fingerprint density at radius 1 is 1.47 bits per heavy atom. The Balaban J connectivity index is 1.83. The van der Waals surface area contributed by atoms with Crippen molar-refractivity contribution in [2.24, 2.45) is 0 Å². The van der Waals surface area contributed by atoms with Crippen LogP contribution in [0.4, 0.5) is 5.13 Å². The molecule has 0 aromatic carbocycles. The summed E-state index contributed by atoms with van der Waals surface area (Å²) in [6, 6.07) is 0.367. The maximum Gasteiger partial charge on any atom is 0.185 e. The maximum atomic E-state index is 11.1. The van der Waals surface area contributed by atoms with Crippen LogP contribution in [-0.2, 0) is 4.79 Å². The fourth-order valence-electron chi connectivity index (χ4n) is 2.27. The van der Waals surface area contributed by atoms with Gasteiger partial charge in [-0.25, -0.2) is 4.98 Å². The summed E-state index contributed by atoms with van der Waals surface area (Å²) >= 11 is 1.69. The third-order valence-corrected chi connectivity index (χ3v) is 4.04. The zero-order valence-corrected chi connectivity index (χ0v) is 11.2. The van der Waals surface area contributed by atoms with E-state index in [0.29, 0.717) is 12.5 Å².